The molecule has 0 aliphatic heterocycles. The molecule has 2 aromatic rings. The van der Waals surface area contributed by atoms with Crippen molar-refractivity contribution >= 4 is 34.5 Å². The Kier molecular flexibility index (Phi) is 4.08. The van der Waals surface area contributed by atoms with Crippen LogP contribution in [0.4, 0.5) is 5.69 Å². The van der Waals surface area contributed by atoms with Crippen LogP contribution < -0.4 is 5.32 Å². The van der Waals surface area contributed by atoms with Gasteiger partial charge in [0.2, 0.25) is 5.15 Å². The zero-order valence-corrected chi connectivity index (χ0v) is 11.1. The van der Waals surface area contributed by atoms with E-state index < -0.39 is 16.5 Å². The fourth-order valence-electron chi connectivity index (χ4n) is 1.46. The summed E-state index contributed by atoms with van der Waals surface area (Å²) in [6, 6.07) is 4.99. The Morgan fingerprint density at radius 3 is 2.95 bits per heavy atom. The van der Waals surface area contributed by atoms with Gasteiger partial charge in [0.15, 0.2) is 0 Å². The highest BCUT2D eigenvalue weighted by atomic mass is 35.5. The van der Waals surface area contributed by atoms with Gasteiger partial charge in [0, 0.05) is 11.1 Å². The lowest BCUT2D eigenvalue weighted by Gasteiger charge is -2.05. The molecule has 0 saturated heterocycles. The summed E-state index contributed by atoms with van der Waals surface area (Å²) in [5, 5.41) is 15.1. The van der Waals surface area contributed by atoms with E-state index in [0.717, 1.165) is 4.88 Å². The number of nitrogens with one attached hydrogen (secondary N) is 1. The van der Waals surface area contributed by atoms with Crippen molar-refractivity contribution in [1.82, 2.24) is 10.3 Å². The average molecular weight is 298 g/mol. The van der Waals surface area contributed by atoms with Gasteiger partial charge in [-0.1, -0.05) is 17.7 Å². The molecule has 0 aromatic carbocycles. The highest BCUT2D eigenvalue weighted by Crippen LogP contribution is 2.25. The van der Waals surface area contributed by atoms with E-state index in [1.165, 1.54) is 23.6 Å². The molecule has 19 heavy (non-hydrogen) atoms. The summed E-state index contributed by atoms with van der Waals surface area (Å²) in [5.41, 5.74) is -0.575. The summed E-state index contributed by atoms with van der Waals surface area (Å²) in [6.07, 6.45) is 1.26. The molecule has 1 amide bonds. The summed E-state index contributed by atoms with van der Waals surface area (Å²) in [5.74, 6) is -0.551. The van der Waals surface area contributed by atoms with Crippen LogP contribution >= 0.6 is 22.9 Å². The predicted molar refractivity (Wildman–Crippen MR) is 71.4 cm³/mol. The van der Waals surface area contributed by atoms with E-state index in [1.54, 1.807) is 0 Å². The second-order valence-corrected chi connectivity index (χ2v) is 4.91. The molecule has 6 nitrogen and oxygen atoms in total. The smallest absolute Gasteiger partial charge is 0.319 e. The lowest BCUT2D eigenvalue weighted by atomic mass is 10.2. The largest absolute Gasteiger partial charge is 0.347 e. The van der Waals surface area contributed by atoms with Crippen LogP contribution in [0.5, 0.6) is 0 Å². The van der Waals surface area contributed by atoms with Crippen molar-refractivity contribution < 1.29 is 9.72 Å². The van der Waals surface area contributed by atoms with E-state index in [2.05, 4.69) is 10.3 Å². The first-order chi connectivity index (χ1) is 9.09. The number of hydrogen-bond donors (Lipinski definition) is 1. The monoisotopic (exact) mass is 297 g/mol. The summed E-state index contributed by atoms with van der Waals surface area (Å²) in [6.45, 7) is 0.313. The van der Waals surface area contributed by atoms with Crippen molar-refractivity contribution in [3.8, 4) is 0 Å². The van der Waals surface area contributed by atoms with Crippen molar-refractivity contribution in [2.75, 3.05) is 0 Å². The lowest BCUT2D eigenvalue weighted by molar-refractivity contribution is -0.385. The third-order valence-electron chi connectivity index (χ3n) is 2.31. The number of thiophene rings is 1. The molecule has 2 rings (SSSR count). The number of carbonyl (C=O) groups excluding carboxylic acids is 1. The van der Waals surface area contributed by atoms with Gasteiger partial charge in [0.05, 0.1) is 11.5 Å². The maximum absolute atomic E-state index is 11.9. The quantitative estimate of drug-likeness (QED) is 0.534. The van der Waals surface area contributed by atoms with E-state index in [0.29, 0.717) is 6.54 Å². The standard InChI is InChI=1S/C11H8ClN3O3S/c12-10-9(15(17)18)8(3-4-13-10)11(16)14-6-7-2-1-5-19-7/h1-5H,6H2,(H,14,16). The van der Waals surface area contributed by atoms with Crippen LogP contribution in [0, 0.1) is 10.1 Å². The molecule has 0 atom stereocenters. The number of halogens is 1. The van der Waals surface area contributed by atoms with Gasteiger partial charge in [0.25, 0.3) is 5.91 Å². The van der Waals surface area contributed by atoms with Gasteiger partial charge >= 0.3 is 5.69 Å². The molecule has 1 N–H and O–H groups in total. The molecule has 0 bridgehead atoms. The summed E-state index contributed by atoms with van der Waals surface area (Å²) >= 11 is 7.12. The van der Waals surface area contributed by atoms with Crippen LogP contribution in [-0.4, -0.2) is 15.8 Å². The van der Waals surface area contributed by atoms with Crippen LogP contribution in [0.2, 0.25) is 5.15 Å². The van der Waals surface area contributed by atoms with Gasteiger partial charge in [0.1, 0.15) is 5.56 Å². The summed E-state index contributed by atoms with van der Waals surface area (Å²) in [7, 11) is 0. The predicted octanol–water partition coefficient (Wildman–Crippen LogP) is 2.63. The Balaban J connectivity index is 2.19. The Labute approximate surface area is 117 Å². The molecule has 0 unspecified atom stereocenters. The van der Waals surface area contributed by atoms with Crippen LogP contribution in [0.3, 0.4) is 0 Å². The highest BCUT2D eigenvalue weighted by Gasteiger charge is 2.24. The SMILES string of the molecule is O=C(NCc1cccs1)c1ccnc(Cl)c1[N+](=O)[O-]. The third-order valence-corrected chi connectivity index (χ3v) is 3.46. The first kappa shape index (κ1) is 13.4. The first-order valence-corrected chi connectivity index (χ1v) is 6.45. The maximum Gasteiger partial charge on any atom is 0.319 e. The second-order valence-electron chi connectivity index (χ2n) is 3.52. The molecule has 0 fully saturated rings. The number of hydrogen-bond acceptors (Lipinski definition) is 5. The van der Waals surface area contributed by atoms with Crippen LogP contribution in [0.25, 0.3) is 0 Å². The molecule has 0 spiro atoms. The molecule has 0 aliphatic rings. The Morgan fingerprint density at radius 1 is 1.53 bits per heavy atom. The lowest BCUT2D eigenvalue weighted by Crippen LogP contribution is -2.23. The van der Waals surface area contributed by atoms with E-state index in [9.17, 15) is 14.9 Å². The summed E-state index contributed by atoms with van der Waals surface area (Å²) < 4.78 is 0. The number of carbonyl (C=O) groups is 1. The fraction of sp³-hybridized carbons (Fsp3) is 0.0909. The van der Waals surface area contributed by atoms with E-state index >= 15 is 0 Å². The number of aromatic nitrogens is 1. The Hall–Kier alpha value is -1.99. The maximum atomic E-state index is 11.9. The number of amides is 1. The first-order valence-electron chi connectivity index (χ1n) is 5.19. The number of nitro groups is 1. The molecule has 2 heterocycles. The van der Waals surface area contributed by atoms with Gasteiger partial charge in [-0.15, -0.1) is 11.3 Å². The van der Waals surface area contributed by atoms with E-state index in [4.69, 9.17) is 11.6 Å². The minimum Gasteiger partial charge on any atom is -0.347 e. The third kappa shape index (κ3) is 3.07. The molecule has 8 heteroatoms. The van der Waals surface area contributed by atoms with Crippen molar-refractivity contribution in [3.63, 3.8) is 0 Å². The molecular formula is C11H8ClN3O3S. The van der Waals surface area contributed by atoms with Gasteiger partial charge in [-0.25, -0.2) is 4.98 Å². The number of pyridine rings is 1. The number of rotatable bonds is 4. The summed E-state index contributed by atoms with van der Waals surface area (Å²) in [4.78, 5) is 26.6. The van der Waals surface area contributed by atoms with Crippen LogP contribution in [0.15, 0.2) is 29.8 Å². The average Bonchev–Trinajstić information content (AvgIpc) is 2.88. The topological polar surface area (TPSA) is 85.1 Å². The zero-order chi connectivity index (χ0) is 13.8. The molecule has 0 saturated carbocycles. The van der Waals surface area contributed by atoms with Gasteiger partial charge in [-0.2, -0.15) is 0 Å². The molecule has 0 radical (unpaired) electrons. The van der Waals surface area contributed by atoms with Crippen LogP contribution in [-0.2, 0) is 6.54 Å². The van der Waals surface area contributed by atoms with Crippen molar-refractivity contribution in [2.24, 2.45) is 0 Å². The Morgan fingerprint density at radius 2 is 2.32 bits per heavy atom. The normalized spacial score (nSPS) is 10.2. The minimum atomic E-state index is -0.713. The highest BCUT2D eigenvalue weighted by molar-refractivity contribution is 7.09. The molecular weight excluding hydrogens is 290 g/mol. The van der Waals surface area contributed by atoms with Crippen LogP contribution in [0.1, 0.15) is 15.2 Å². The molecule has 0 aliphatic carbocycles. The van der Waals surface area contributed by atoms with E-state index in [1.807, 2.05) is 17.5 Å². The van der Waals surface area contributed by atoms with Crippen molar-refractivity contribution in [3.05, 3.63) is 55.5 Å². The molecule has 98 valence electrons. The number of nitrogens with zero attached hydrogens (tertiary/aromatic N) is 2. The van der Waals surface area contributed by atoms with E-state index in [-0.39, 0.29) is 10.7 Å². The van der Waals surface area contributed by atoms with Crippen molar-refractivity contribution in [2.45, 2.75) is 6.54 Å². The Bertz CT molecular complexity index is 616. The van der Waals surface area contributed by atoms with Crippen molar-refractivity contribution in [1.29, 1.82) is 0 Å². The van der Waals surface area contributed by atoms with Gasteiger partial charge in [-0.3, -0.25) is 14.9 Å². The minimum absolute atomic E-state index is 0.0958. The second kappa shape index (κ2) is 5.77. The van der Waals surface area contributed by atoms with Gasteiger partial charge in [-0.05, 0) is 17.5 Å². The fourth-order valence-corrected chi connectivity index (χ4v) is 2.33. The van der Waals surface area contributed by atoms with Gasteiger partial charge < -0.3 is 5.32 Å². The molecule has 2 aromatic heterocycles. The zero-order valence-electron chi connectivity index (χ0n) is 9.50.